The van der Waals surface area contributed by atoms with Gasteiger partial charge in [0, 0.05) is 36.0 Å². The first-order valence-electron chi connectivity index (χ1n) is 10.0. The number of thiazole rings is 2. The van der Waals surface area contributed by atoms with Crippen LogP contribution >= 0.6 is 22.7 Å². The molecule has 2 aromatic carbocycles. The van der Waals surface area contributed by atoms with Crippen molar-refractivity contribution in [2.45, 2.75) is 18.2 Å². The number of nitrogens with one attached hydrogen (secondary N) is 1. The molecule has 0 saturated heterocycles. The summed E-state index contributed by atoms with van der Waals surface area (Å²) in [6.45, 7) is 2.04. The van der Waals surface area contributed by atoms with E-state index in [1.807, 2.05) is 41.9 Å². The third kappa shape index (κ3) is 5.36. The molecular formula is C23H22N4O3S3. The molecule has 0 aliphatic carbocycles. The van der Waals surface area contributed by atoms with Gasteiger partial charge in [0.15, 0.2) is 5.13 Å². The lowest BCUT2D eigenvalue weighted by atomic mass is 10.2. The van der Waals surface area contributed by atoms with Gasteiger partial charge < -0.3 is 5.32 Å². The van der Waals surface area contributed by atoms with Crippen LogP contribution < -0.4 is 5.32 Å². The minimum absolute atomic E-state index is 0.161. The van der Waals surface area contributed by atoms with Gasteiger partial charge in [-0.2, -0.15) is 0 Å². The number of hydrogen-bond donors (Lipinski definition) is 1. The van der Waals surface area contributed by atoms with Crippen molar-refractivity contribution in [2.75, 3.05) is 19.4 Å². The minimum Gasteiger partial charge on any atom is -0.302 e. The van der Waals surface area contributed by atoms with Crippen LogP contribution in [0.3, 0.4) is 0 Å². The molecule has 0 aliphatic heterocycles. The molecule has 0 fully saturated rings. The molecule has 4 aromatic rings. The predicted molar refractivity (Wildman–Crippen MR) is 133 cm³/mol. The molecule has 0 aliphatic rings. The molecule has 0 atom stereocenters. The Morgan fingerprint density at radius 1 is 0.939 bits per heavy atom. The van der Waals surface area contributed by atoms with Gasteiger partial charge in [0.05, 0.1) is 22.7 Å². The number of aromatic nitrogens is 2. The Balaban J connectivity index is 1.40. The van der Waals surface area contributed by atoms with Gasteiger partial charge in [-0.1, -0.05) is 42.0 Å². The van der Waals surface area contributed by atoms with Gasteiger partial charge >= 0.3 is 0 Å². The average molecular weight is 499 g/mol. The maximum atomic E-state index is 12.5. The van der Waals surface area contributed by atoms with Crippen molar-refractivity contribution in [3.63, 3.8) is 0 Å². The van der Waals surface area contributed by atoms with E-state index in [2.05, 4.69) is 15.3 Å². The molecule has 33 heavy (non-hydrogen) atoms. The predicted octanol–water partition coefficient (Wildman–Crippen LogP) is 4.67. The normalized spacial score (nSPS) is 11.6. The lowest BCUT2D eigenvalue weighted by molar-refractivity contribution is -0.115. The van der Waals surface area contributed by atoms with Gasteiger partial charge in [-0.05, 0) is 19.1 Å². The average Bonchev–Trinajstić information content (AvgIpc) is 3.44. The summed E-state index contributed by atoms with van der Waals surface area (Å²) in [6, 6.07) is 14.6. The summed E-state index contributed by atoms with van der Waals surface area (Å²) in [5.74, 6) is -0.191. The van der Waals surface area contributed by atoms with E-state index >= 15 is 0 Å². The molecule has 0 spiro atoms. The number of benzene rings is 2. The van der Waals surface area contributed by atoms with Crippen LogP contribution in [-0.4, -0.2) is 42.7 Å². The van der Waals surface area contributed by atoms with Crippen LogP contribution in [0.1, 0.15) is 11.3 Å². The Hall–Kier alpha value is -2.92. The van der Waals surface area contributed by atoms with Gasteiger partial charge in [0.2, 0.25) is 15.9 Å². The van der Waals surface area contributed by atoms with Crippen molar-refractivity contribution >= 4 is 43.7 Å². The zero-order valence-corrected chi connectivity index (χ0v) is 20.7. The number of carbonyl (C=O) groups excluding carboxylic acids is 1. The van der Waals surface area contributed by atoms with E-state index in [-0.39, 0.29) is 17.2 Å². The highest BCUT2D eigenvalue weighted by Crippen LogP contribution is 2.27. The van der Waals surface area contributed by atoms with Gasteiger partial charge in [0.25, 0.3) is 0 Å². The summed E-state index contributed by atoms with van der Waals surface area (Å²) in [6.07, 6.45) is 0.161. The Kier molecular flexibility index (Phi) is 6.71. The van der Waals surface area contributed by atoms with Gasteiger partial charge in [-0.15, -0.1) is 22.7 Å². The highest BCUT2D eigenvalue weighted by atomic mass is 32.2. The summed E-state index contributed by atoms with van der Waals surface area (Å²) in [5.41, 5.74) is 4.37. The van der Waals surface area contributed by atoms with E-state index in [9.17, 15) is 13.2 Å². The fraction of sp³-hybridized carbons (Fsp3) is 0.174. The molecule has 2 heterocycles. The molecule has 7 nitrogen and oxygen atoms in total. The number of carbonyl (C=O) groups is 1. The highest BCUT2D eigenvalue weighted by molar-refractivity contribution is 7.89. The third-order valence-corrected chi connectivity index (χ3v) is 8.40. The maximum absolute atomic E-state index is 12.5. The van der Waals surface area contributed by atoms with E-state index in [1.165, 1.54) is 46.6 Å². The number of amides is 1. The van der Waals surface area contributed by atoms with E-state index in [4.69, 9.17) is 0 Å². The van der Waals surface area contributed by atoms with Gasteiger partial charge in [0.1, 0.15) is 5.01 Å². The fourth-order valence-corrected chi connectivity index (χ4v) is 5.48. The Labute approximate surface area is 200 Å². The zero-order chi connectivity index (χ0) is 23.6. The number of rotatable bonds is 7. The second-order valence-corrected chi connectivity index (χ2v) is 11.5. The fourth-order valence-electron chi connectivity index (χ4n) is 3.02. The van der Waals surface area contributed by atoms with Crippen LogP contribution in [0.2, 0.25) is 0 Å². The summed E-state index contributed by atoms with van der Waals surface area (Å²) < 4.78 is 25.6. The summed E-state index contributed by atoms with van der Waals surface area (Å²) in [4.78, 5) is 21.7. The highest BCUT2D eigenvalue weighted by Gasteiger charge is 2.17. The van der Waals surface area contributed by atoms with Crippen molar-refractivity contribution in [3.8, 4) is 21.8 Å². The largest absolute Gasteiger partial charge is 0.302 e. The first kappa shape index (κ1) is 23.2. The van der Waals surface area contributed by atoms with Crippen molar-refractivity contribution in [3.05, 3.63) is 70.5 Å². The number of hydrogen-bond acceptors (Lipinski definition) is 7. The van der Waals surface area contributed by atoms with E-state index in [0.29, 0.717) is 16.5 Å². The molecule has 4 rings (SSSR count). The molecule has 0 radical (unpaired) electrons. The van der Waals surface area contributed by atoms with Crippen LogP contribution in [-0.2, 0) is 21.2 Å². The molecule has 1 N–H and O–H groups in total. The van der Waals surface area contributed by atoms with Crippen molar-refractivity contribution in [2.24, 2.45) is 0 Å². The molecular weight excluding hydrogens is 476 g/mol. The smallest absolute Gasteiger partial charge is 0.242 e. The Morgan fingerprint density at radius 3 is 2.27 bits per heavy atom. The molecule has 2 aromatic heterocycles. The monoisotopic (exact) mass is 498 g/mol. The number of aryl methyl sites for hydroxylation is 1. The van der Waals surface area contributed by atoms with Crippen molar-refractivity contribution < 1.29 is 13.2 Å². The number of nitrogens with zero attached hydrogens (tertiary/aromatic N) is 3. The van der Waals surface area contributed by atoms with Crippen molar-refractivity contribution in [1.82, 2.24) is 14.3 Å². The van der Waals surface area contributed by atoms with Crippen LogP contribution in [0, 0.1) is 6.92 Å². The summed E-state index contributed by atoms with van der Waals surface area (Å²) in [7, 11) is -0.494. The molecule has 10 heteroatoms. The SMILES string of the molecule is Cc1ccc(-c2nc(CC(=O)Nc3nc(-c4ccc(S(=O)(=O)N(C)C)cc4)cs3)cs2)cc1. The molecule has 170 valence electrons. The molecule has 0 saturated carbocycles. The molecule has 0 unspecified atom stereocenters. The lowest BCUT2D eigenvalue weighted by Crippen LogP contribution is -2.22. The minimum atomic E-state index is -3.48. The Morgan fingerprint density at radius 2 is 1.61 bits per heavy atom. The quantitative estimate of drug-likeness (QED) is 0.400. The van der Waals surface area contributed by atoms with E-state index in [1.54, 1.807) is 24.3 Å². The van der Waals surface area contributed by atoms with Gasteiger partial charge in [-0.25, -0.2) is 22.7 Å². The summed E-state index contributed by atoms with van der Waals surface area (Å²) in [5, 5.41) is 7.90. The molecule has 1 amide bonds. The maximum Gasteiger partial charge on any atom is 0.242 e. The van der Waals surface area contributed by atoms with E-state index < -0.39 is 10.0 Å². The lowest BCUT2D eigenvalue weighted by Gasteiger charge is -2.11. The van der Waals surface area contributed by atoms with E-state index in [0.717, 1.165) is 16.1 Å². The third-order valence-electron chi connectivity index (χ3n) is 4.87. The number of sulfonamides is 1. The van der Waals surface area contributed by atoms with Gasteiger partial charge in [-0.3, -0.25) is 4.79 Å². The topological polar surface area (TPSA) is 92.3 Å². The van der Waals surface area contributed by atoms with Crippen LogP contribution in [0.5, 0.6) is 0 Å². The summed E-state index contributed by atoms with van der Waals surface area (Å²) >= 11 is 2.83. The second-order valence-electron chi connectivity index (χ2n) is 7.58. The van der Waals surface area contributed by atoms with Crippen molar-refractivity contribution in [1.29, 1.82) is 0 Å². The first-order valence-corrected chi connectivity index (χ1v) is 13.2. The van der Waals surface area contributed by atoms with Crippen LogP contribution in [0.25, 0.3) is 21.8 Å². The van der Waals surface area contributed by atoms with Crippen LogP contribution in [0.4, 0.5) is 5.13 Å². The zero-order valence-electron chi connectivity index (χ0n) is 18.3. The Bertz CT molecular complexity index is 1370. The standard InChI is InChI=1S/C23H22N4O3S3/c1-15-4-6-17(7-5-15)22-24-18(13-31-22)12-21(28)26-23-25-20(14-32-23)16-8-10-19(11-9-16)33(29,30)27(2)3/h4-11,13-14H,12H2,1-3H3,(H,25,26,28). The second kappa shape index (κ2) is 9.52. The molecule has 0 bridgehead atoms. The van der Waals surface area contributed by atoms with Crippen LogP contribution in [0.15, 0.2) is 64.2 Å². The number of anilines is 1. The first-order chi connectivity index (χ1) is 15.7.